The normalized spacial score (nSPS) is 13.5. The maximum Gasteiger partial charge on any atom is 0.306 e. The topological polar surface area (TPSA) is 102 Å². The number of carbonyl (C=O) groups excluding carboxylic acids is 3. The molecular weight excluding hydrogens is 715 g/mol. The van der Waals surface area contributed by atoms with Gasteiger partial charge in [-0.05, 0) is 70.6 Å². The quantitative estimate of drug-likeness (QED) is 0.0263. The number of hydrogen-bond acceptors (Lipinski definition) is 7. The second-order valence-electron chi connectivity index (χ2n) is 16.2. The number of likely N-dealkylation sites (N-methyl/N-ethyl adjacent to an activating group) is 1. The van der Waals surface area contributed by atoms with E-state index >= 15 is 0 Å². The highest BCUT2D eigenvalue weighted by Gasteiger charge is 2.25. The molecule has 0 spiro atoms. The van der Waals surface area contributed by atoms with Gasteiger partial charge in [0.2, 0.25) is 0 Å². The van der Waals surface area contributed by atoms with Crippen molar-refractivity contribution in [2.75, 3.05) is 41.0 Å². The zero-order valence-electron chi connectivity index (χ0n) is 37.2. The summed E-state index contributed by atoms with van der Waals surface area (Å²) in [4.78, 5) is 36.9. The highest BCUT2D eigenvalue weighted by atomic mass is 16.6. The Bertz CT molecular complexity index is 1120. The first-order chi connectivity index (χ1) is 27.6. The number of allylic oxidation sites excluding steroid dienone is 10. The molecule has 0 aromatic rings. The molecule has 0 saturated heterocycles. The lowest BCUT2D eigenvalue weighted by Crippen LogP contribution is -2.55. The van der Waals surface area contributed by atoms with Gasteiger partial charge >= 0.3 is 11.9 Å². The van der Waals surface area contributed by atoms with Crippen LogP contribution in [-0.4, -0.2) is 75.5 Å². The summed E-state index contributed by atoms with van der Waals surface area (Å²) in [6, 6.07) is -0.729. The Morgan fingerprint density at radius 2 is 0.930 bits per heavy atom. The third-order valence-electron chi connectivity index (χ3n) is 9.90. The number of aliphatic carboxylic acids is 1. The summed E-state index contributed by atoms with van der Waals surface area (Å²) in [7, 11) is 5.40. The Morgan fingerprint density at radius 3 is 1.37 bits per heavy atom. The number of nitrogens with zero attached hydrogens (tertiary/aromatic N) is 1. The molecule has 2 atom stereocenters. The van der Waals surface area contributed by atoms with Crippen molar-refractivity contribution in [2.45, 2.75) is 193 Å². The number of carboxylic acids is 1. The van der Waals surface area contributed by atoms with Crippen LogP contribution in [0.3, 0.4) is 0 Å². The molecule has 0 aromatic carbocycles. The van der Waals surface area contributed by atoms with Crippen LogP contribution in [0.5, 0.6) is 0 Å². The minimum atomic E-state index is -1.13. The highest BCUT2D eigenvalue weighted by molar-refractivity contribution is 5.70. The zero-order chi connectivity index (χ0) is 42.1. The highest BCUT2D eigenvalue weighted by Crippen LogP contribution is 2.14. The Morgan fingerprint density at radius 1 is 0.526 bits per heavy atom. The number of hydrogen-bond donors (Lipinski definition) is 0. The van der Waals surface area contributed by atoms with E-state index < -0.39 is 18.1 Å². The molecule has 0 heterocycles. The first-order valence-electron chi connectivity index (χ1n) is 22.8. The summed E-state index contributed by atoms with van der Waals surface area (Å²) in [5.41, 5.74) is 0. The third kappa shape index (κ3) is 38.3. The van der Waals surface area contributed by atoms with E-state index in [0.717, 1.165) is 83.5 Å². The van der Waals surface area contributed by atoms with Crippen LogP contribution in [0, 0.1) is 0 Å². The van der Waals surface area contributed by atoms with Crippen LogP contribution in [0.4, 0.5) is 0 Å². The molecule has 0 aromatic heterocycles. The number of unbranched alkanes of at least 4 members (excludes halogenated alkanes) is 16. The molecule has 8 nitrogen and oxygen atoms in total. The lowest BCUT2D eigenvalue weighted by molar-refractivity contribution is -0.889. The second-order valence-corrected chi connectivity index (χ2v) is 16.2. The maximum atomic E-state index is 12.7. The van der Waals surface area contributed by atoms with Crippen molar-refractivity contribution in [1.82, 2.24) is 0 Å². The van der Waals surface area contributed by atoms with E-state index in [1.807, 2.05) is 0 Å². The summed E-state index contributed by atoms with van der Waals surface area (Å²) in [6.45, 7) is 4.43. The molecule has 0 bridgehead atoms. The van der Waals surface area contributed by atoms with Crippen LogP contribution in [0.2, 0.25) is 0 Å². The molecule has 0 radical (unpaired) electrons. The van der Waals surface area contributed by atoms with Crippen LogP contribution in [0.1, 0.15) is 181 Å². The van der Waals surface area contributed by atoms with Gasteiger partial charge < -0.3 is 28.6 Å². The standard InChI is InChI=1S/C49H85NO7/c1-6-8-10-12-14-16-18-20-22-23-24-25-26-28-30-32-34-36-38-40-48(52)57-45(43-55-42-41-46(49(53)54)50(3,4)5)44-56-47(51)39-37-35-33-31-29-27-21-19-17-15-13-11-9-7-2/h8-11,14-17,20,22,45-46H,6-7,12-13,18-19,21,23-44H2,1-5H3/b10-8+,11-9+,16-14+,17-15+,22-20+. The van der Waals surface area contributed by atoms with Gasteiger partial charge in [0, 0.05) is 19.3 Å². The van der Waals surface area contributed by atoms with Gasteiger partial charge in [-0.25, -0.2) is 0 Å². The largest absolute Gasteiger partial charge is 0.544 e. The smallest absolute Gasteiger partial charge is 0.306 e. The van der Waals surface area contributed by atoms with Gasteiger partial charge in [-0.1, -0.05) is 152 Å². The van der Waals surface area contributed by atoms with Gasteiger partial charge in [-0.2, -0.15) is 0 Å². The lowest BCUT2D eigenvalue weighted by atomic mass is 10.1. The van der Waals surface area contributed by atoms with Crippen molar-refractivity contribution < 1.29 is 38.2 Å². The van der Waals surface area contributed by atoms with Crippen molar-refractivity contribution in [2.24, 2.45) is 0 Å². The predicted octanol–water partition coefficient (Wildman–Crippen LogP) is 11.2. The van der Waals surface area contributed by atoms with E-state index in [-0.39, 0.29) is 42.7 Å². The third-order valence-corrected chi connectivity index (χ3v) is 9.90. The Hall–Kier alpha value is -2.97. The summed E-state index contributed by atoms with van der Waals surface area (Å²) in [6.07, 6.45) is 48.1. The molecule has 328 valence electrons. The molecular formula is C49H85NO7. The molecule has 0 fully saturated rings. The van der Waals surface area contributed by atoms with Crippen molar-refractivity contribution >= 4 is 17.9 Å². The summed E-state index contributed by atoms with van der Waals surface area (Å²) in [5, 5.41) is 11.6. The van der Waals surface area contributed by atoms with Crippen molar-refractivity contribution in [1.29, 1.82) is 0 Å². The Labute approximate surface area is 349 Å². The van der Waals surface area contributed by atoms with E-state index in [1.165, 1.54) is 64.2 Å². The average molecular weight is 800 g/mol. The van der Waals surface area contributed by atoms with Gasteiger partial charge in [0.25, 0.3) is 0 Å². The molecule has 0 aliphatic heterocycles. The van der Waals surface area contributed by atoms with Gasteiger partial charge in [0.1, 0.15) is 12.6 Å². The number of carbonyl (C=O) groups is 3. The molecule has 0 rings (SSSR count). The molecule has 0 aliphatic rings. The Kier molecular flexibility index (Phi) is 37.8. The van der Waals surface area contributed by atoms with Gasteiger partial charge in [0.05, 0.1) is 40.3 Å². The van der Waals surface area contributed by atoms with Crippen molar-refractivity contribution in [3.63, 3.8) is 0 Å². The molecule has 0 N–H and O–H groups in total. The summed E-state index contributed by atoms with van der Waals surface area (Å²) < 4.78 is 17.2. The monoisotopic (exact) mass is 800 g/mol. The minimum Gasteiger partial charge on any atom is -0.544 e. The van der Waals surface area contributed by atoms with E-state index in [1.54, 1.807) is 21.1 Å². The fourth-order valence-electron chi connectivity index (χ4n) is 6.42. The number of ether oxygens (including phenoxy) is 3. The van der Waals surface area contributed by atoms with Gasteiger partial charge in [-0.15, -0.1) is 0 Å². The van der Waals surface area contributed by atoms with Gasteiger partial charge in [-0.3, -0.25) is 9.59 Å². The van der Waals surface area contributed by atoms with E-state index in [0.29, 0.717) is 12.8 Å². The van der Waals surface area contributed by atoms with Crippen LogP contribution < -0.4 is 5.11 Å². The molecule has 0 aliphatic carbocycles. The van der Waals surface area contributed by atoms with E-state index in [4.69, 9.17) is 14.2 Å². The van der Waals surface area contributed by atoms with Crippen molar-refractivity contribution in [3.05, 3.63) is 60.8 Å². The summed E-state index contributed by atoms with van der Waals surface area (Å²) in [5.74, 6) is -1.76. The first kappa shape index (κ1) is 54.0. The molecule has 8 heteroatoms. The minimum absolute atomic E-state index is 0.0342. The van der Waals surface area contributed by atoms with E-state index in [2.05, 4.69) is 74.6 Å². The summed E-state index contributed by atoms with van der Waals surface area (Å²) >= 11 is 0. The first-order valence-corrected chi connectivity index (χ1v) is 22.8. The van der Waals surface area contributed by atoms with Crippen LogP contribution in [-0.2, 0) is 28.6 Å². The lowest BCUT2D eigenvalue weighted by Gasteiger charge is -2.34. The molecule has 0 amide bonds. The van der Waals surface area contributed by atoms with Crippen LogP contribution in [0.15, 0.2) is 60.8 Å². The SMILES string of the molecule is CC/C=C/C/C=C/C/C=C/CCCCCCCCCCCC(=O)OC(COCCC(C(=O)[O-])[N+](C)(C)C)COC(=O)CCCCCCCCC/C=C/C/C=C/CC. The fourth-order valence-corrected chi connectivity index (χ4v) is 6.42. The Balaban J connectivity index is 4.32. The molecule has 2 unspecified atom stereocenters. The number of esters is 2. The van der Waals surface area contributed by atoms with Crippen LogP contribution >= 0.6 is 0 Å². The fraction of sp³-hybridized carbons (Fsp3) is 0.735. The average Bonchev–Trinajstić information content (AvgIpc) is 3.17. The number of rotatable bonds is 40. The van der Waals surface area contributed by atoms with Crippen molar-refractivity contribution in [3.8, 4) is 0 Å². The second kappa shape index (κ2) is 39.8. The zero-order valence-corrected chi connectivity index (χ0v) is 37.2. The number of quaternary nitrogens is 1. The van der Waals surface area contributed by atoms with Gasteiger partial charge in [0.15, 0.2) is 6.10 Å². The van der Waals surface area contributed by atoms with E-state index in [9.17, 15) is 19.5 Å². The molecule has 0 saturated carbocycles. The maximum absolute atomic E-state index is 12.7. The van der Waals surface area contributed by atoms with Crippen LogP contribution in [0.25, 0.3) is 0 Å². The molecule has 57 heavy (non-hydrogen) atoms. The predicted molar refractivity (Wildman–Crippen MR) is 236 cm³/mol. The number of carboxylic acid groups (broad SMARTS) is 1.